The minimum atomic E-state index is 0.148. The molecule has 1 aromatic rings. The van der Waals surface area contributed by atoms with Gasteiger partial charge in [-0.2, -0.15) is 0 Å². The molecule has 17 heavy (non-hydrogen) atoms. The summed E-state index contributed by atoms with van der Waals surface area (Å²) in [7, 11) is 3.64. The van der Waals surface area contributed by atoms with Crippen molar-refractivity contribution in [3.05, 3.63) is 29.3 Å². The molecule has 0 aliphatic rings. The van der Waals surface area contributed by atoms with Crippen LogP contribution in [0.3, 0.4) is 0 Å². The summed E-state index contributed by atoms with van der Waals surface area (Å²) in [6.07, 6.45) is 0. The van der Waals surface area contributed by atoms with Gasteiger partial charge < -0.3 is 15.6 Å². The van der Waals surface area contributed by atoms with Crippen molar-refractivity contribution in [2.45, 2.75) is 26.1 Å². The lowest BCUT2D eigenvalue weighted by Crippen LogP contribution is -2.31. The Hall–Kier alpha value is -1.10. The van der Waals surface area contributed by atoms with Crippen LogP contribution < -0.4 is 10.5 Å². The lowest BCUT2D eigenvalue weighted by Gasteiger charge is -2.23. The van der Waals surface area contributed by atoms with Crippen molar-refractivity contribution in [3.8, 4) is 5.75 Å². The molecule has 0 saturated heterocycles. The maximum absolute atomic E-state index is 9.08. The van der Waals surface area contributed by atoms with Crippen molar-refractivity contribution in [2.75, 3.05) is 20.8 Å². The third-order valence-electron chi connectivity index (χ3n) is 3.02. The highest BCUT2D eigenvalue weighted by molar-refractivity contribution is 5.37. The lowest BCUT2D eigenvalue weighted by molar-refractivity contribution is 0.154. The van der Waals surface area contributed by atoms with Gasteiger partial charge in [-0.15, -0.1) is 0 Å². The van der Waals surface area contributed by atoms with Crippen molar-refractivity contribution < 1.29 is 9.84 Å². The number of methoxy groups -OCH3 is 1. The topological polar surface area (TPSA) is 58.7 Å². The fourth-order valence-electron chi connectivity index (χ4n) is 1.64. The van der Waals surface area contributed by atoms with Gasteiger partial charge in [0.15, 0.2) is 0 Å². The SMILES string of the molecule is COc1cc(CN(C)C(C)CO)ccc1CN. The highest BCUT2D eigenvalue weighted by Crippen LogP contribution is 2.20. The summed E-state index contributed by atoms with van der Waals surface area (Å²) in [5.74, 6) is 0.829. The number of benzene rings is 1. The quantitative estimate of drug-likeness (QED) is 0.775. The molecule has 0 amide bonds. The van der Waals surface area contributed by atoms with E-state index in [-0.39, 0.29) is 12.6 Å². The minimum absolute atomic E-state index is 0.148. The van der Waals surface area contributed by atoms with Crippen LogP contribution in [0.15, 0.2) is 18.2 Å². The normalized spacial score (nSPS) is 12.8. The molecule has 1 rings (SSSR count). The number of aliphatic hydroxyl groups is 1. The molecule has 3 N–H and O–H groups in total. The molecule has 0 bridgehead atoms. The Labute approximate surface area is 103 Å². The Bertz CT molecular complexity index is 355. The maximum atomic E-state index is 9.08. The zero-order valence-electron chi connectivity index (χ0n) is 10.8. The summed E-state index contributed by atoms with van der Waals surface area (Å²) < 4.78 is 5.30. The molecular formula is C13H22N2O2. The van der Waals surface area contributed by atoms with Crippen molar-refractivity contribution >= 4 is 0 Å². The summed E-state index contributed by atoms with van der Waals surface area (Å²) in [5.41, 5.74) is 7.79. The van der Waals surface area contributed by atoms with E-state index < -0.39 is 0 Å². The van der Waals surface area contributed by atoms with Gasteiger partial charge in [0, 0.05) is 24.7 Å². The Kier molecular flexibility index (Phi) is 5.41. The zero-order chi connectivity index (χ0) is 12.8. The number of ether oxygens (including phenoxy) is 1. The number of rotatable bonds is 6. The van der Waals surface area contributed by atoms with Gasteiger partial charge in [0.25, 0.3) is 0 Å². The van der Waals surface area contributed by atoms with Crippen molar-refractivity contribution in [1.82, 2.24) is 4.90 Å². The van der Waals surface area contributed by atoms with Crippen LogP contribution in [0.1, 0.15) is 18.1 Å². The molecule has 1 aromatic carbocycles. The average molecular weight is 238 g/mol. The second-order valence-corrected chi connectivity index (χ2v) is 4.30. The minimum Gasteiger partial charge on any atom is -0.496 e. The number of hydrogen-bond donors (Lipinski definition) is 2. The van der Waals surface area contributed by atoms with Crippen LogP contribution in [-0.2, 0) is 13.1 Å². The first-order valence-corrected chi connectivity index (χ1v) is 5.79. The van der Waals surface area contributed by atoms with Crippen LogP contribution in [0.2, 0.25) is 0 Å². The van der Waals surface area contributed by atoms with Crippen LogP contribution in [0.4, 0.5) is 0 Å². The molecule has 0 spiro atoms. The van der Waals surface area contributed by atoms with E-state index >= 15 is 0 Å². The number of aliphatic hydroxyl groups excluding tert-OH is 1. The second-order valence-electron chi connectivity index (χ2n) is 4.30. The van der Waals surface area contributed by atoms with Gasteiger partial charge in [0.05, 0.1) is 13.7 Å². The molecule has 0 aromatic heterocycles. The first kappa shape index (κ1) is 14.0. The van der Waals surface area contributed by atoms with Gasteiger partial charge in [-0.25, -0.2) is 0 Å². The summed E-state index contributed by atoms with van der Waals surface area (Å²) in [6, 6.07) is 6.19. The molecule has 1 atom stereocenters. The summed E-state index contributed by atoms with van der Waals surface area (Å²) in [6.45, 7) is 3.41. The smallest absolute Gasteiger partial charge is 0.123 e. The molecular weight excluding hydrogens is 216 g/mol. The largest absolute Gasteiger partial charge is 0.496 e. The van der Waals surface area contributed by atoms with E-state index in [2.05, 4.69) is 4.90 Å². The first-order valence-electron chi connectivity index (χ1n) is 5.79. The molecule has 0 radical (unpaired) electrons. The molecule has 1 unspecified atom stereocenters. The summed E-state index contributed by atoms with van der Waals surface area (Å²) in [4.78, 5) is 2.09. The lowest BCUT2D eigenvalue weighted by atomic mass is 10.1. The maximum Gasteiger partial charge on any atom is 0.123 e. The molecule has 0 heterocycles. The van der Waals surface area contributed by atoms with E-state index in [1.54, 1.807) is 7.11 Å². The first-order chi connectivity index (χ1) is 8.12. The summed E-state index contributed by atoms with van der Waals surface area (Å²) in [5, 5.41) is 9.08. The van der Waals surface area contributed by atoms with Crippen LogP contribution in [0.25, 0.3) is 0 Å². The average Bonchev–Trinajstić information content (AvgIpc) is 2.37. The Morgan fingerprint density at radius 1 is 1.47 bits per heavy atom. The molecule has 4 nitrogen and oxygen atoms in total. The van der Waals surface area contributed by atoms with E-state index in [0.717, 1.165) is 23.4 Å². The molecule has 0 fully saturated rings. The van der Waals surface area contributed by atoms with Gasteiger partial charge in [-0.05, 0) is 25.6 Å². The van der Waals surface area contributed by atoms with Gasteiger partial charge in [-0.1, -0.05) is 12.1 Å². The highest BCUT2D eigenvalue weighted by Gasteiger charge is 2.09. The Balaban J connectivity index is 2.78. The summed E-state index contributed by atoms with van der Waals surface area (Å²) >= 11 is 0. The Morgan fingerprint density at radius 3 is 2.71 bits per heavy atom. The molecule has 0 saturated carbocycles. The number of hydrogen-bond acceptors (Lipinski definition) is 4. The molecule has 96 valence electrons. The number of nitrogens with two attached hydrogens (primary N) is 1. The number of nitrogens with zero attached hydrogens (tertiary/aromatic N) is 1. The Morgan fingerprint density at radius 2 is 2.18 bits per heavy atom. The third-order valence-corrected chi connectivity index (χ3v) is 3.02. The second kappa shape index (κ2) is 6.59. The van der Waals surface area contributed by atoms with Crippen molar-refractivity contribution in [2.24, 2.45) is 5.73 Å². The van der Waals surface area contributed by atoms with Crippen LogP contribution in [0, 0.1) is 0 Å². The van der Waals surface area contributed by atoms with E-state index in [1.807, 2.05) is 32.2 Å². The van der Waals surface area contributed by atoms with Crippen molar-refractivity contribution in [3.63, 3.8) is 0 Å². The molecule has 4 heteroatoms. The van der Waals surface area contributed by atoms with E-state index in [9.17, 15) is 0 Å². The monoisotopic (exact) mass is 238 g/mol. The van der Waals surface area contributed by atoms with Crippen LogP contribution in [0.5, 0.6) is 5.75 Å². The predicted molar refractivity (Wildman–Crippen MR) is 68.9 cm³/mol. The van der Waals surface area contributed by atoms with Crippen molar-refractivity contribution in [1.29, 1.82) is 0 Å². The van der Waals surface area contributed by atoms with Crippen LogP contribution >= 0.6 is 0 Å². The molecule has 0 aliphatic carbocycles. The predicted octanol–water partition coefficient (Wildman–Crippen LogP) is 0.966. The standard InChI is InChI=1S/C13H22N2O2/c1-10(9-16)15(2)8-11-4-5-12(7-14)13(6-11)17-3/h4-6,10,16H,7-9,14H2,1-3H3. The van der Waals surface area contributed by atoms with Crippen LogP contribution in [-0.4, -0.2) is 36.8 Å². The zero-order valence-corrected chi connectivity index (χ0v) is 10.8. The van der Waals surface area contributed by atoms with Gasteiger partial charge in [0.1, 0.15) is 5.75 Å². The molecule has 0 aliphatic heterocycles. The van der Waals surface area contributed by atoms with E-state index in [1.165, 1.54) is 0 Å². The number of likely N-dealkylation sites (N-methyl/N-ethyl adjacent to an activating group) is 1. The highest BCUT2D eigenvalue weighted by atomic mass is 16.5. The third kappa shape index (κ3) is 3.70. The van der Waals surface area contributed by atoms with Gasteiger partial charge in [-0.3, -0.25) is 4.90 Å². The fraction of sp³-hybridized carbons (Fsp3) is 0.538. The van der Waals surface area contributed by atoms with E-state index in [4.69, 9.17) is 15.6 Å². The van der Waals surface area contributed by atoms with Gasteiger partial charge in [0.2, 0.25) is 0 Å². The van der Waals surface area contributed by atoms with Gasteiger partial charge >= 0.3 is 0 Å². The fourth-order valence-corrected chi connectivity index (χ4v) is 1.64. The van der Waals surface area contributed by atoms with E-state index in [0.29, 0.717) is 6.54 Å².